The first-order chi connectivity index (χ1) is 11.6. The Hall–Kier alpha value is -1.36. The molecule has 1 aromatic rings. The molecule has 2 heterocycles. The van der Waals surface area contributed by atoms with Gasteiger partial charge < -0.3 is 4.90 Å². The van der Waals surface area contributed by atoms with Gasteiger partial charge in [0.1, 0.15) is 5.69 Å². The number of nitrogens with zero attached hydrogens (tertiary/aromatic N) is 3. The van der Waals surface area contributed by atoms with Gasteiger partial charge in [0.05, 0.1) is 0 Å². The standard InChI is InChI=1S/C19H30N4O/c1-13(2)18-12-23(9-3-8-22(18)11-14-4-5-14)19(24)17-10-16(20-21-17)15-6-7-15/h10,13-15,18H,3-9,11-12H2,1-2H3,(H,20,21)/t18-/m0/s1. The Morgan fingerprint density at radius 1 is 1.29 bits per heavy atom. The van der Waals surface area contributed by atoms with E-state index < -0.39 is 0 Å². The van der Waals surface area contributed by atoms with Crippen LogP contribution < -0.4 is 0 Å². The van der Waals surface area contributed by atoms with Crippen molar-refractivity contribution in [1.29, 1.82) is 0 Å². The van der Waals surface area contributed by atoms with Crippen molar-refractivity contribution in [1.82, 2.24) is 20.0 Å². The van der Waals surface area contributed by atoms with E-state index in [-0.39, 0.29) is 5.91 Å². The van der Waals surface area contributed by atoms with Crippen molar-refractivity contribution in [2.75, 3.05) is 26.2 Å². The van der Waals surface area contributed by atoms with Gasteiger partial charge in [0.25, 0.3) is 5.91 Å². The zero-order valence-electron chi connectivity index (χ0n) is 15.0. The van der Waals surface area contributed by atoms with Crippen LogP contribution in [0.5, 0.6) is 0 Å². The van der Waals surface area contributed by atoms with Crippen LogP contribution in [-0.2, 0) is 0 Å². The maximum Gasteiger partial charge on any atom is 0.274 e. The molecule has 1 aromatic heterocycles. The topological polar surface area (TPSA) is 52.2 Å². The SMILES string of the molecule is CC(C)[C@@H]1CN(C(=O)c2cc(C3CC3)[nH]n2)CCCN1CC1CC1. The summed E-state index contributed by atoms with van der Waals surface area (Å²) in [6.45, 7) is 8.62. The smallest absolute Gasteiger partial charge is 0.274 e. The number of carbonyl (C=O) groups is 1. The van der Waals surface area contributed by atoms with Crippen molar-refractivity contribution in [2.45, 2.75) is 57.9 Å². The molecule has 132 valence electrons. The minimum absolute atomic E-state index is 0.108. The van der Waals surface area contributed by atoms with Gasteiger partial charge in [0.15, 0.2) is 0 Å². The van der Waals surface area contributed by atoms with Crippen LogP contribution in [0.1, 0.15) is 68.1 Å². The van der Waals surface area contributed by atoms with Crippen molar-refractivity contribution in [3.63, 3.8) is 0 Å². The summed E-state index contributed by atoms with van der Waals surface area (Å²) in [5.41, 5.74) is 1.75. The number of nitrogens with one attached hydrogen (secondary N) is 1. The minimum atomic E-state index is 0.108. The molecular formula is C19H30N4O. The lowest BCUT2D eigenvalue weighted by molar-refractivity contribution is 0.0698. The zero-order chi connectivity index (χ0) is 16.7. The first kappa shape index (κ1) is 16.1. The molecule has 0 aromatic carbocycles. The first-order valence-corrected chi connectivity index (χ1v) is 9.70. The molecule has 3 aliphatic rings. The first-order valence-electron chi connectivity index (χ1n) is 9.70. The van der Waals surface area contributed by atoms with Crippen LogP contribution in [0, 0.1) is 11.8 Å². The van der Waals surface area contributed by atoms with Crippen molar-refractivity contribution in [3.05, 3.63) is 17.5 Å². The Kier molecular flexibility index (Phi) is 4.37. The summed E-state index contributed by atoms with van der Waals surface area (Å²) in [5, 5.41) is 7.37. The van der Waals surface area contributed by atoms with Crippen LogP contribution >= 0.6 is 0 Å². The molecule has 0 spiro atoms. The van der Waals surface area contributed by atoms with Crippen LogP contribution in [0.2, 0.25) is 0 Å². The van der Waals surface area contributed by atoms with E-state index in [1.807, 2.05) is 11.0 Å². The molecule has 1 saturated heterocycles. The monoisotopic (exact) mass is 330 g/mol. The minimum Gasteiger partial charge on any atom is -0.336 e. The van der Waals surface area contributed by atoms with Gasteiger partial charge in [-0.3, -0.25) is 14.8 Å². The Bertz CT molecular complexity index is 588. The molecule has 0 bridgehead atoms. The summed E-state index contributed by atoms with van der Waals surface area (Å²) < 4.78 is 0. The summed E-state index contributed by atoms with van der Waals surface area (Å²) in [6, 6.07) is 2.45. The van der Waals surface area contributed by atoms with Crippen molar-refractivity contribution in [2.24, 2.45) is 11.8 Å². The highest BCUT2D eigenvalue weighted by Gasteiger charge is 2.34. The number of hydrogen-bond acceptors (Lipinski definition) is 3. The fourth-order valence-corrected chi connectivity index (χ4v) is 3.95. The van der Waals surface area contributed by atoms with Crippen LogP contribution in [0.4, 0.5) is 0 Å². The van der Waals surface area contributed by atoms with E-state index in [4.69, 9.17) is 0 Å². The number of rotatable bonds is 5. The van der Waals surface area contributed by atoms with Crippen LogP contribution in [0.25, 0.3) is 0 Å². The molecule has 1 amide bonds. The number of H-pyrrole nitrogens is 1. The second-order valence-electron chi connectivity index (χ2n) is 8.34. The quantitative estimate of drug-likeness (QED) is 0.903. The molecule has 1 aliphatic heterocycles. The van der Waals surface area contributed by atoms with Gasteiger partial charge in [-0.2, -0.15) is 5.10 Å². The van der Waals surface area contributed by atoms with Crippen LogP contribution in [0.15, 0.2) is 6.07 Å². The largest absolute Gasteiger partial charge is 0.336 e. The average Bonchev–Trinajstić information content (AvgIpc) is 3.47. The molecule has 5 heteroatoms. The average molecular weight is 330 g/mol. The van der Waals surface area contributed by atoms with E-state index in [1.54, 1.807) is 0 Å². The number of aromatic amines is 1. The number of hydrogen-bond donors (Lipinski definition) is 1. The fourth-order valence-electron chi connectivity index (χ4n) is 3.95. The lowest BCUT2D eigenvalue weighted by Crippen LogP contribution is -2.46. The van der Waals surface area contributed by atoms with Gasteiger partial charge in [-0.05, 0) is 50.0 Å². The van der Waals surface area contributed by atoms with Gasteiger partial charge in [0, 0.05) is 43.8 Å². The summed E-state index contributed by atoms with van der Waals surface area (Å²) in [5.74, 6) is 2.19. The van der Waals surface area contributed by atoms with E-state index in [1.165, 1.54) is 32.2 Å². The molecule has 4 rings (SSSR count). The third-order valence-corrected chi connectivity index (χ3v) is 5.83. The fraction of sp³-hybridized carbons (Fsp3) is 0.789. The summed E-state index contributed by atoms with van der Waals surface area (Å²) >= 11 is 0. The van der Waals surface area contributed by atoms with E-state index in [0.29, 0.717) is 23.6 Å². The normalized spacial score (nSPS) is 26.0. The van der Waals surface area contributed by atoms with Crippen LogP contribution in [0.3, 0.4) is 0 Å². The van der Waals surface area contributed by atoms with Gasteiger partial charge in [-0.25, -0.2) is 0 Å². The molecule has 2 saturated carbocycles. The summed E-state index contributed by atoms with van der Waals surface area (Å²) in [4.78, 5) is 17.6. The molecule has 5 nitrogen and oxygen atoms in total. The Morgan fingerprint density at radius 2 is 2.08 bits per heavy atom. The van der Waals surface area contributed by atoms with Gasteiger partial charge in [-0.15, -0.1) is 0 Å². The molecule has 1 N–H and O–H groups in total. The zero-order valence-corrected chi connectivity index (χ0v) is 15.0. The van der Waals surface area contributed by atoms with E-state index in [2.05, 4.69) is 28.9 Å². The van der Waals surface area contributed by atoms with Crippen molar-refractivity contribution in [3.8, 4) is 0 Å². The lowest BCUT2D eigenvalue weighted by atomic mass is 10.0. The van der Waals surface area contributed by atoms with Crippen LogP contribution in [-0.4, -0.2) is 58.1 Å². The second kappa shape index (κ2) is 6.51. The molecular weight excluding hydrogens is 300 g/mol. The summed E-state index contributed by atoms with van der Waals surface area (Å²) in [6.07, 6.45) is 6.31. The highest BCUT2D eigenvalue weighted by molar-refractivity contribution is 5.92. The molecule has 3 fully saturated rings. The highest BCUT2D eigenvalue weighted by Crippen LogP contribution is 2.39. The number of amides is 1. The third-order valence-electron chi connectivity index (χ3n) is 5.83. The molecule has 2 aliphatic carbocycles. The number of carbonyl (C=O) groups excluding carboxylic acids is 1. The van der Waals surface area contributed by atoms with Gasteiger partial charge in [0.2, 0.25) is 0 Å². The van der Waals surface area contributed by atoms with Crippen molar-refractivity contribution < 1.29 is 4.79 Å². The highest BCUT2D eigenvalue weighted by atomic mass is 16.2. The third kappa shape index (κ3) is 3.51. The maximum atomic E-state index is 12.9. The Labute approximate surface area is 144 Å². The van der Waals surface area contributed by atoms with E-state index in [9.17, 15) is 4.79 Å². The van der Waals surface area contributed by atoms with Gasteiger partial charge >= 0.3 is 0 Å². The predicted octanol–water partition coefficient (Wildman–Crippen LogP) is 2.87. The Morgan fingerprint density at radius 3 is 2.75 bits per heavy atom. The summed E-state index contributed by atoms with van der Waals surface area (Å²) in [7, 11) is 0. The van der Waals surface area contributed by atoms with Gasteiger partial charge in [-0.1, -0.05) is 13.8 Å². The maximum absolute atomic E-state index is 12.9. The number of aromatic nitrogens is 2. The molecule has 1 atom stereocenters. The Balaban J connectivity index is 1.46. The lowest BCUT2D eigenvalue weighted by Gasteiger charge is -2.34. The predicted molar refractivity (Wildman–Crippen MR) is 94.0 cm³/mol. The van der Waals surface area contributed by atoms with Crippen molar-refractivity contribution >= 4 is 5.91 Å². The van der Waals surface area contributed by atoms with E-state index >= 15 is 0 Å². The molecule has 24 heavy (non-hydrogen) atoms. The second-order valence-corrected chi connectivity index (χ2v) is 8.34. The van der Waals surface area contributed by atoms with E-state index in [0.717, 1.165) is 37.7 Å². The molecule has 0 radical (unpaired) electrons. The molecule has 0 unspecified atom stereocenters.